The number of amides is 1. The molecule has 0 fully saturated rings. The summed E-state index contributed by atoms with van der Waals surface area (Å²) in [7, 11) is 1.66. The lowest BCUT2D eigenvalue weighted by molar-refractivity contribution is 0.100. The maximum Gasteiger partial charge on any atom is 0.250 e. The second-order valence-corrected chi connectivity index (χ2v) is 4.49. The van der Waals surface area contributed by atoms with Gasteiger partial charge in [-0.25, -0.2) is 0 Å². The van der Waals surface area contributed by atoms with Crippen molar-refractivity contribution in [3.8, 4) is 0 Å². The van der Waals surface area contributed by atoms with E-state index in [0.29, 0.717) is 12.2 Å². The Balaban J connectivity index is 2.46. The number of para-hydroxylation sites is 1. The van der Waals surface area contributed by atoms with E-state index in [0.717, 1.165) is 27.4 Å². The highest BCUT2D eigenvalue weighted by atomic mass is 16.5. The normalized spacial score (nSPS) is 11.2. The van der Waals surface area contributed by atoms with Crippen molar-refractivity contribution in [1.29, 1.82) is 0 Å². The molecule has 1 aromatic heterocycles. The summed E-state index contributed by atoms with van der Waals surface area (Å²) in [5.41, 5.74) is 8.75. The van der Waals surface area contributed by atoms with Crippen molar-refractivity contribution >= 4 is 27.7 Å². The third-order valence-corrected chi connectivity index (χ3v) is 3.31. The highest BCUT2D eigenvalue weighted by Gasteiger charge is 2.14. The van der Waals surface area contributed by atoms with Crippen LogP contribution in [0.1, 0.15) is 15.9 Å². The number of fused-ring (bicyclic) bond motifs is 3. The van der Waals surface area contributed by atoms with Crippen molar-refractivity contribution in [2.45, 2.75) is 6.61 Å². The van der Waals surface area contributed by atoms with E-state index in [4.69, 9.17) is 10.5 Å². The highest BCUT2D eigenvalue weighted by molar-refractivity contribution is 6.15. The molecule has 0 saturated heterocycles. The molecule has 1 heterocycles. The largest absolute Gasteiger partial charge is 0.380 e. The summed E-state index contributed by atoms with van der Waals surface area (Å²) in [6.45, 7) is 0.497. The van der Waals surface area contributed by atoms with Crippen LogP contribution in [0.25, 0.3) is 21.8 Å². The van der Waals surface area contributed by atoms with Crippen molar-refractivity contribution in [2.75, 3.05) is 7.11 Å². The Bertz CT molecular complexity index is 774. The van der Waals surface area contributed by atoms with Gasteiger partial charge in [0.05, 0.1) is 17.7 Å². The molecule has 1 amide bonds. The number of aromatic amines is 1. The van der Waals surface area contributed by atoms with Gasteiger partial charge < -0.3 is 15.5 Å². The monoisotopic (exact) mass is 254 g/mol. The Labute approximate surface area is 110 Å². The summed E-state index contributed by atoms with van der Waals surface area (Å²) in [5.74, 6) is -0.430. The standard InChI is InChI=1S/C15H14N2O2/c1-19-8-9-6-7-11(15(16)18)14-13(9)10-4-2-3-5-12(10)17-14/h2-7,17H,8H2,1H3,(H2,16,18). The zero-order chi connectivity index (χ0) is 13.4. The van der Waals surface area contributed by atoms with Gasteiger partial charge in [-0.1, -0.05) is 24.3 Å². The van der Waals surface area contributed by atoms with E-state index in [9.17, 15) is 4.79 Å². The molecular weight excluding hydrogens is 240 g/mol. The van der Waals surface area contributed by atoms with E-state index >= 15 is 0 Å². The van der Waals surface area contributed by atoms with Crippen molar-refractivity contribution < 1.29 is 9.53 Å². The number of methoxy groups -OCH3 is 1. The molecule has 0 spiro atoms. The first kappa shape index (κ1) is 11.7. The number of nitrogens with two attached hydrogens (primary N) is 1. The van der Waals surface area contributed by atoms with Crippen LogP contribution in [0.15, 0.2) is 36.4 Å². The van der Waals surface area contributed by atoms with Gasteiger partial charge in [-0.15, -0.1) is 0 Å². The molecule has 0 aliphatic carbocycles. The predicted octanol–water partition coefficient (Wildman–Crippen LogP) is 2.57. The van der Waals surface area contributed by atoms with Crippen LogP contribution in [0.5, 0.6) is 0 Å². The molecule has 4 nitrogen and oxygen atoms in total. The van der Waals surface area contributed by atoms with Crippen LogP contribution in [0.4, 0.5) is 0 Å². The van der Waals surface area contributed by atoms with Gasteiger partial charge >= 0.3 is 0 Å². The number of primary amides is 1. The zero-order valence-corrected chi connectivity index (χ0v) is 10.6. The molecule has 0 aliphatic rings. The molecule has 0 aliphatic heterocycles. The summed E-state index contributed by atoms with van der Waals surface area (Å²) in [5, 5.41) is 2.08. The van der Waals surface area contributed by atoms with Gasteiger partial charge in [0.1, 0.15) is 0 Å². The smallest absolute Gasteiger partial charge is 0.250 e. The highest BCUT2D eigenvalue weighted by Crippen LogP contribution is 2.31. The van der Waals surface area contributed by atoms with Crippen LogP contribution >= 0.6 is 0 Å². The molecule has 3 rings (SSSR count). The van der Waals surface area contributed by atoms with Gasteiger partial charge in [-0.3, -0.25) is 4.79 Å². The first-order valence-electron chi connectivity index (χ1n) is 6.03. The molecule has 0 saturated carbocycles. The summed E-state index contributed by atoms with van der Waals surface area (Å²) >= 11 is 0. The van der Waals surface area contributed by atoms with Crippen LogP contribution in [0, 0.1) is 0 Å². The minimum absolute atomic E-state index is 0.430. The van der Waals surface area contributed by atoms with E-state index in [1.165, 1.54) is 0 Å². The topological polar surface area (TPSA) is 68.1 Å². The SMILES string of the molecule is COCc1ccc(C(N)=O)c2[nH]c3ccccc3c12. The van der Waals surface area contributed by atoms with Crippen LogP contribution in [0.3, 0.4) is 0 Å². The van der Waals surface area contributed by atoms with Gasteiger partial charge in [0, 0.05) is 23.4 Å². The first-order valence-corrected chi connectivity index (χ1v) is 6.03. The number of hydrogen-bond donors (Lipinski definition) is 2. The fourth-order valence-electron chi connectivity index (χ4n) is 2.51. The quantitative estimate of drug-likeness (QED) is 0.754. The number of benzene rings is 2. The Morgan fingerprint density at radius 1 is 1.26 bits per heavy atom. The maximum atomic E-state index is 11.5. The van der Waals surface area contributed by atoms with Crippen LogP contribution in [-0.4, -0.2) is 18.0 Å². The molecular formula is C15H14N2O2. The average Bonchev–Trinajstić information content (AvgIpc) is 2.78. The van der Waals surface area contributed by atoms with Gasteiger partial charge in [0.2, 0.25) is 0 Å². The fraction of sp³-hybridized carbons (Fsp3) is 0.133. The summed E-state index contributed by atoms with van der Waals surface area (Å²) in [4.78, 5) is 14.8. The lowest BCUT2D eigenvalue weighted by Gasteiger charge is -2.05. The van der Waals surface area contributed by atoms with Crippen LogP contribution in [-0.2, 0) is 11.3 Å². The number of rotatable bonds is 3. The molecule has 4 heteroatoms. The lowest BCUT2D eigenvalue weighted by Crippen LogP contribution is -2.11. The summed E-state index contributed by atoms with van der Waals surface area (Å²) in [6, 6.07) is 11.6. The van der Waals surface area contributed by atoms with Crippen molar-refractivity contribution in [3.63, 3.8) is 0 Å². The number of hydrogen-bond acceptors (Lipinski definition) is 2. The van der Waals surface area contributed by atoms with E-state index in [-0.39, 0.29) is 0 Å². The number of carbonyl (C=O) groups excluding carboxylic acids is 1. The summed E-state index contributed by atoms with van der Waals surface area (Å²) < 4.78 is 5.22. The van der Waals surface area contributed by atoms with Gasteiger partial charge in [-0.05, 0) is 17.7 Å². The number of nitrogens with one attached hydrogen (secondary N) is 1. The van der Waals surface area contributed by atoms with Gasteiger partial charge in [0.15, 0.2) is 0 Å². The zero-order valence-electron chi connectivity index (χ0n) is 10.6. The van der Waals surface area contributed by atoms with E-state index in [1.54, 1.807) is 13.2 Å². The molecule has 19 heavy (non-hydrogen) atoms. The minimum atomic E-state index is -0.430. The Morgan fingerprint density at radius 2 is 2.05 bits per heavy atom. The molecule has 0 radical (unpaired) electrons. The Morgan fingerprint density at radius 3 is 2.79 bits per heavy atom. The van der Waals surface area contributed by atoms with Gasteiger partial charge in [-0.2, -0.15) is 0 Å². The molecule has 0 unspecified atom stereocenters. The van der Waals surface area contributed by atoms with E-state index in [2.05, 4.69) is 4.98 Å². The second-order valence-electron chi connectivity index (χ2n) is 4.49. The Hall–Kier alpha value is -2.33. The molecule has 2 aromatic carbocycles. The van der Waals surface area contributed by atoms with Crippen molar-refractivity contribution in [1.82, 2.24) is 4.98 Å². The third-order valence-electron chi connectivity index (χ3n) is 3.31. The van der Waals surface area contributed by atoms with Crippen LogP contribution in [0.2, 0.25) is 0 Å². The second kappa shape index (κ2) is 4.40. The van der Waals surface area contributed by atoms with Crippen molar-refractivity contribution in [2.24, 2.45) is 5.73 Å². The molecule has 96 valence electrons. The van der Waals surface area contributed by atoms with Crippen molar-refractivity contribution in [3.05, 3.63) is 47.5 Å². The van der Waals surface area contributed by atoms with Gasteiger partial charge in [0.25, 0.3) is 5.91 Å². The third kappa shape index (κ3) is 1.77. The number of aromatic nitrogens is 1. The maximum absolute atomic E-state index is 11.5. The molecule has 0 bridgehead atoms. The summed E-state index contributed by atoms with van der Waals surface area (Å²) in [6.07, 6.45) is 0. The Kier molecular flexibility index (Phi) is 2.72. The molecule has 3 aromatic rings. The average molecular weight is 254 g/mol. The fourth-order valence-corrected chi connectivity index (χ4v) is 2.51. The number of H-pyrrole nitrogens is 1. The molecule has 3 N–H and O–H groups in total. The van der Waals surface area contributed by atoms with Crippen LogP contribution < -0.4 is 5.73 Å². The van der Waals surface area contributed by atoms with E-state index in [1.807, 2.05) is 30.3 Å². The van der Waals surface area contributed by atoms with E-state index < -0.39 is 5.91 Å². The predicted molar refractivity (Wildman–Crippen MR) is 75.0 cm³/mol. The molecule has 0 atom stereocenters. The number of ether oxygens (including phenoxy) is 1. The number of carbonyl (C=O) groups is 1. The first-order chi connectivity index (χ1) is 9.22. The minimum Gasteiger partial charge on any atom is -0.380 e. The lowest BCUT2D eigenvalue weighted by atomic mass is 10.0.